The van der Waals surface area contributed by atoms with Crippen molar-refractivity contribution in [2.24, 2.45) is 0 Å². The molecule has 0 radical (unpaired) electrons. The van der Waals surface area contributed by atoms with Crippen LogP contribution in [0.15, 0.2) is 24.3 Å². The lowest BCUT2D eigenvalue weighted by Gasteiger charge is -2.31. The summed E-state index contributed by atoms with van der Waals surface area (Å²) < 4.78 is 5.73. The molecule has 0 bridgehead atoms. The normalized spacial score (nSPS) is 17.3. The molecule has 1 fully saturated rings. The minimum Gasteiger partial charge on any atom is -0.491 e. The van der Waals surface area contributed by atoms with Crippen molar-refractivity contribution < 1.29 is 14.6 Å². The van der Waals surface area contributed by atoms with Crippen molar-refractivity contribution in [1.82, 2.24) is 4.90 Å². The second kappa shape index (κ2) is 6.94. The average Bonchev–Trinajstić information content (AvgIpc) is 2.52. The Hall–Kier alpha value is -1.55. The molecule has 1 N–H and O–H groups in total. The third-order valence-corrected chi connectivity index (χ3v) is 4.19. The first-order chi connectivity index (χ1) is 10.0. The maximum atomic E-state index is 12.1. The summed E-state index contributed by atoms with van der Waals surface area (Å²) in [5, 5.41) is 10.4. The van der Waals surface area contributed by atoms with E-state index in [1.807, 2.05) is 19.1 Å². The molecule has 1 amide bonds. The van der Waals surface area contributed by atoms with Crippen molar-refractivity contribution >= 4 is 5.91 Å². The summed E-state index contributed by atoms with van der Waals surface area (Å²) in [6.07, 6.45) is 4.89. The zero-order valence-electron chi connectivity index (χ0n) is 13.0. The molecule has 0 atom stereocenters. The van der Waals surface area contributed by atoms with Crippen LogP contribution in [-0.4, -0.2) is 41.7 Å². The van der Waals surface area contributed by atoms with Gasteiger partial charge in [-0.15, -0.1) is 0 Å². The van der Waals surface area contributed by atoms with E-state index in [9.17, 15) is 9.90 Å². The SMILES string of the molecule is CCN(C)C(=O)c1cccc(OCC2(O)CCCCC2)c1. The van der Waals surface area contributed by atoms with Crippen LogP contribution in [-0.2, 0) is 0 Å². The maximum Gasteiger partial charge on any atom is 0.253 e. The van der Waals surface area contributed by atoms with Crippen molar-refractivity contribution in [2.45, 2.75) is 44.6 Å². The van der Waals surface area contributed by atoms with Crippen molar-refractivity contribution in [1.29, 1.82) is 0 Å². The van der Waals surface area contributed by atoms with Crippen LogP contribution in [0.4, 0.5) is 0 Å². The second-order valence-electron chi connectivity index (χ2n) is 5.92. The Kier molecular flexibility index (Phi) is 5.23. The molecule has 0 aromatic heterocycles. The van der Waals surface area contributed by atoms with E-state index in [-0.39, 0.29) is 5.91 Å². The Morgan fingerprint density at radius 3 is 2.71 bits per heavy atom. The van der Waals surface area contributed by atoms with Crippen LogP contribution in [0.25, 0.3) is 0 Å². The number of amides is 1. The van der Waals surface area contributed by atoms with E-state index in [1.54, 1.807) is 24.1 Å². The lowest BCUT2D eigenvalue weighted by Crippen LogP contribution is -2.37. The van der Waals surface area contributed by atoms with E-state index in [2.05, 4.69) is 0 Å². The topological polar surface area (TPSA) is 49.8 Å². The number of benzene rings is 1. The summed E-state index contributed by atoms with van der Waals surface area (Å²) in [6.45, 7) is 2.91. The minimum atomic E-state index is -0.710. The van der Waals surface area contributed by atoms with Gasteiger partial charge < -0.3 is 14.7 Å². The van der Waals surface area contributed by atoms with Crippen molar-refractivity contribution in [2.75, 3.05) is 20.2 Å². The molecule has 0 saturated heterocycles. The second-order valence-corrected chi connectivity index (χ2v) is 5.92. The predicted octanol–water partition coefficient (Wildman–Crippen LogP) is 2.85. The summed E-state index contributed by atoms with van der Waals surface area (Å²) in [7, 11) is 1.78. The number of aliphatic hydroxyl groups is 1. The highest BCUT2D eigenvalue weighted by molar-refractivity contribution is 5.94. The molecule has 1 saturated carbocycles. The van der Waals surface area contributed by atoms with Gasteiger partial charge in [0.25, 0.3) is 5.91 Å². The van der Waals surface area contributed by atoms with Crippen LogP contribution in [0.1, 0.15) is 49.4 Å². The summed E-state index contributed by atoms with van der Waals surface area (Å²) in [6, 6.07) is 7.18. The standard InChI is InChI=1S/C17H25NO3/c1-3-18(2)16(19)14-8-7-9-15(12-14)21-13-17(20)10-5-4-6-11-17/h7-9,12,20H,3-6,10-11,13H2,1-2H3. The Bertz CT molecular complexity index is 481. The molecule has 0 aliphatic heterocycles. The molecule has 0 spiro atoms. The minimum absolute atomic E-state index is 0.0145. The van der Waals surface area contributed by atoms with Crippen LogP contribution in [0.3, 0.4) is 0 Å². The van der Waals surface area contributed by atoms with Gasteiger partial charge in [-0.25, -0.2) is 0 Å². The molecule has 0 heterocycles. The van der Waals surface area contributed by atoms with Gasteiger partial charge in [0.2, 0.25) is 0 Å². The maximum absolute atomic E-state index is 12.1. The molecule has 1 aliphatic rings. The van der Waals surface area contributed by atoms with Gasteiger partial charge in [-0.1, -0.05) is 25.3 Å². The molecule has 116 valence electrons. The molecule has 1 aliphatic carbocycles. The quantitative estimate of drug-likeness (QED) is 0.907. The summed E-state index contributed by atoms with van der Waals surface area (Å²) >= 11 is 0. The van der Waals surface area contributed by atoms with Crippen molar-refractivity contribution in [3.8, 4) is 5.75 Å². The zero-order valence-corrected chi connectivity index (χ0v) is 13.0. The van der Waals surface area contributed by atoms with E-state index >= 15 is 0 Å². The third kappa shape index (κ3) is 4.21. The number of carbonyl (C=O) groups is 1. The van der Waals surface area contributed by atoms with E-state index in [4.69, 9.17) is 4.74 Å². The first-order valence-corrected chi connectivity index (χ1v) is 7.75. The average molecular weight is 291 g/mol. The fourth-order valence-electron chi connectivity index (χ4n) is 2.65. The van der Waals surface area contributed by atoms with Gasteiger partial charge in [-0.3, -0.25) is 4.79 Å². The van der Waals surface area contributed by atoms with Crippen molar-refractivity contribution in [3.63, 3.8) is 0 Å². The molecule has 0 unspecified atom stereocenters. The zero-order chi connectivity index (χ0) is 15.3. The van der Waals surface area contributed by atoms with Gasteiger partial charge in [0.05, 0.1) is 5.60 Å². The van der Waals surface area contributed by atoms with Crippen LogP contribution in [0, 0.1) is 0 Å². The van der Waals surface area contributed by atoms with E-state index in [1.165, 1.54) is 6.42 Å². The van der Waals surface area contributed by atoms with E-state index < -0.39 is 5.60 Å². The fourth-order valence-corrected chi connectivity index (χ4v) is 2.65. The lowest BCUT2D eigenvalue weighted by atomic mass is 9.85. The molecule has 4 nitrogen and oxygen atoms in total. The van der Waals surface area contributed by atoms with Gasteiger partial charge in [-0.05, 0) is 38.0 Å². The fraction of sp³-hybridized carbons (Fsp3) is 0.588. The van der Waals surface area contributed by atoms with Gasteiger partial charge in [0.1, 0.15) is 12.4 Å². The number of rotatable bonds is 5. The summed E-state index contributed by atoms with van der Waals surface area (Å²) in [5.41, 5.74) is -0.0918. The molecule has 1 aromatic carbocycles. The Morgan fingerprint density at radius 1 is 1.33 bits per heavy atom. The number of hydrogen-bond acceptors (Lipinski definition) is 3. The third-order valence-electron chi connectivity index (χ3n) is 4.19. The Morgan fingerprint density at radius 2 is 2.05 bits per heavy atom. The van der Waals surface area contributed by atoms with Crippen LogP contribution < -0.4 is 4.74 Å². The smallest absolute Gasteiger partial charge is 0.253 e. The number of nitrogens with zero attached hydrogens (tertiary/aromatic N) is 1. The highest BCUT2D eigenvalue weighted by atomic mass is 16.5. The summed E-state index contributed by atoms with van der Waals surface area (Å²) in [5.74, 6) is 0.628. The highest BCUT2D eigenvalue weighted by Gasteiger charge is 2.30. The first-order valence-electron chi connectivity index (χ1n) is 7.75. The largest absolute Gasteiger partial charge is 0.491 e. The number of carbonyl (C=O) groups excluding carboxylic acids is 1. The van der Waals surface area contributed by atoms with Gasteiger partial charge >= 0.3 is 0 Å². The van der Waals surface area contributed by atoms with Gasteiger partial charge in [-0.2, -0.15) is 0 Å². The van der Waals surface area contributed by atoms with Gasteiger partial charge in [0.15, 0.2) is 0 Å². The predicted molar refractivity (Wildman–Crippen MR) is 82.6 cm³/mol. The summed E-state index contributed by atoms with van der Waals surface area (Å²) in [4.78, 5) is 13.8. The highest BCUT2D eigenvalue weighted by Crippen LogP contribution is 2.29. The molecule has 2 rings (SSSR count). The molecule has 21 heavy (non-hydrogen) atoms. The van der Waals surface area contributed by atoms with Crippen LogP contribution >= 0.6 is 0 Å². The molecule has 1 aromatic rings. The van der Waals surface area contributed by atoms with Crippen LogP contribution in [0.2, 0.25) is 0 Å². The molecular formula is C17H25NO3. The van der Waals surface area contributed by atoms with E-state index in [0.717, 1.165) is 25.7 Å². The van der Waals surface area contributed by atoms with Gasteiger partial charge in [0, 0.05) is 19.2 Å². The monoisotopic (exact) mass is 291 g/mol. The molecular weight excluding hydrogens is 266 g/mol. The number of hydrogen-bond donors (Lipinski definition) is 1. The Balaban J connectivity index is 1.99. The first kappa shape index (κ1) is 15.8. The molecule has 4 heteroatoms. The van der Waals surface area contributed by atoms with E-state index in [0.29, 0.717) is 24.5 Å². The lowest BCUT2D eigenvalue weighted by molar-refractivity contribution is -0.0339. The number of ether oxygens (including phenoxy) is 1. The van der Waals surface area contributed by atoms with Crippen molar-refractivity contribution in [3.05, 3.63) is 29.8 Å². The Labute approximate surface area is 126 Å². The van der Waals surface area contributed by atoms with Crippen LogP contribution in [0.5, 0.6) is 5.75 Å².